The molecule has 0 spiro atoms. The number of likely N-dealkylation sites (tertiary alicyclic amines) is 2. The maximum absolute atomic E-state index is 12.2. The summed E-state index contributed by atoms with van der Waals surface area (Å²) in [5, 5.41) is 18.2. The van der Waals surface area contributed by atoms with Crippen molar-refractivity contribution in [2.45, 2.75) is 44.2 Å². The first-order valence-corrected chi connectivity index (χ1v) is 7.00. The number of piperidine rings is 1. The second kappa shape index (κ2) is 6.11. The number of carbonyl (C=O) groups is 4. The van der Waals surface area contributed by atoms with Crippen LogP contribution in [0.3, 0.4) is 0 Å². The zero-order valence-corrected chi connectivity index (χ0v) is 11.5. The Labute approximate surface area is 121 Å². The first kappa shape index (κ1) is 15.3. The summed E-state index contributed by atoms with van der Waals surface area (Å²) >= 11 is 0. The molecule has 0 radical (unpaired) electrons. The summed E-state index contributed by atoms with van der Waals surface area (Å²) < 4.78 is 0. The van der Waals surface area contributed by atoms with Crippen molar-refractivity contribution in [1.82, 2.24) is 9.80 Å². The molecule has 2 atom stereocenters. The lowest BCUT2D eigenvalue weighted by Crippen LogP contribution is -2.55. The fourth-order valence-corrected chi connectivity index (χ4v) is 2.94. The Morgan fingerprint density at radius 2 is 1.14 bits per heavy atom. The third-order valence-corrected chi connectivity index (χ3v) is 4.03. The molecule has 2 aliphatic heterocycles. The van der Waals surface area contributed by atoms with Crippen molar-refractivity contribution >= 4 is 23.8 Å². The number of amides is 2. The van der Waals surface area contributed by atoms with Crippen molar-refractivity contribution in [3.63, 3.8) is 0 Å². The lowest BCUT2D eigenvalue weighted by atomic mass is 10.0. The van der Waals surface area contributed by atoms with Crippen molar-refractivity contribution in [1.29, 1.82) is 0 Å². The number of carbonyl (C=O) groups excluding carboxylic acids is 2. The summed E-state index contributed by atoms with van der Waals surface area (Å²) in [6, 6.07) is -1.99. The maximum Gasteiger partial charge on any atom is 0.326 e. The standard InChI is InChI=1S/C13H18N2O6/c16-10(14-6-2-1-4-8(14)12(18)19)11(17)15-7-3-5-9(15)13(20)21/h8-9H,1-7H2,(H,18,19)(H,20,21)/t8-,9?/m0/s1. The first-order chi connectivity index (χ1) is 9.93. The maximum atomic E-state index is 12.2. The Kier molecular flexibility index (Phi) is 4.44. The van der Waals surface area contributed by atoms with Gasteiger partial charge in [-0.15, -0.1) is 0 Å². The van der Waals surface area contributed by atoms with Gasteiger partial charge in [0.2, 0.25) is 0 Å². The number of aliphatic carboxylic acids is 2. The van der Waals surface area contributed by atoms with E-state index in [1.165, 1.54) is 0 Å². The van der Waals surface area contributed by atoms with Crippen LogP contribution >= 0.6 is 0 Å². The number of carboxylic acids is 2. The number of hydrogen-bond acceptors (Lipinski definition) is 4. The van der Waals surface area contributed by atoms with E-state index in [2.05, 4.69) is 0 Å². The predicted octanol–water partition coefficient (Wildman–Crippen LogP) is -0.472. The Morgan fingerprint density at radius 3 is 1.62 bits per heavy atom. The molecule has 2 amide bonds. The van der Waals surface area contributed by atoms with E-state index >= 15 is 0 Å². The van der Waals surface area contributed by atoms with Crippen LogP contribution in [0.2, 0.25) is 0 Å². The van der Waals surface area contributed by atoms with Gasteiger partial charge in [0.15, 0.2) is 0 Å². The van der Waals surface area contributed by atoms with E-state index in [0.717, 1.165) is 9.80 Å². The third kappa shape index (κ3) is 2.98. The summed E-state index contributed by atoms with van der Waals surface area (Å²) in [7, 11) is 0. The van der Waals surface area contributed by atoms with Gasteiger partial charge in [-0.2, -0.15) is 0 Å². The molecule has 116 valence electrons. The van der Waals surface area contributed by atoms with Crippen LogP contribution in [0.1, 0.15) is 32.1 Å². The molecular weight excluding hydrogens is 280 g/mol. The third-order valence-electron chi connectivity index (χ3n) is 4.03. The molecular formula is C13H18N2O6. The lowest BCUT2D eigenvalue weighted by Gasteiger charge is -2.33. The highest BCUT2D eigenvalue weighted by Gasteiger charge is 2.41. The number of carboxylic acid groups (broad SMARTS) is 2. The molecule has 0 bridgehead atoms. The van der Waals surface area contributed by atoms with Gasteiger partial charge < -0.3 is 20.0 Å². The minimum absolute atomic E-state index is 0.215. The summed E-state index contributed by atoms with van der Waals surface area (Å²) in [4.78, 5) is 48.8. The Balaban J connectivity index is 2.12. The number of nitrogens with zero attached hydrogens (tertiary/aromatic N) is 2. The van der Waals surface area contributed by atoms with Crippen LogP contribution in [0.25, 0.3) is 0 Å². The van der Waals surface area contributed by atoms with Crippen molar-refractivity contribution < 1.29 is 29.4 Å². The molecule has 21 heavy (non-hydrogen) atoms. The van der Waals surface area contributed by atoms with Gasteiger partial charge in [0, 0.05) is 13.1 Å². The van der Waals surface area contributed by atoms with E-state index in [4.69, 9.17) is 10.2 Å². The van der Waals surface area contributed by atoms with Crippen LogP contribution in [0.15, 0.2) is 0 Å². The molecule has 0 aromatic heterocycles. The Bertz CT molecular complexity index is 477. The summed E-state index contributed by atoms with van der Waals surface area (Å²) in [5.41, 5.74) is 0. The van der Waals surface area contributed by atoms with Crippen molar-refractivity contribution in [3.05, 3.63) is 0 Å². The van der Waals surface area contributed by atoms with Crippen molar-refractivity contribution in [2.75, 3.05) is 13.1 Å². The predicted molar refractivity (Wildman–Crippen MR) is 69.4 cm³/mol. The first-order valence-electron chi connectivity index (χ1n) is 7.00. The van der Waals surface area contributed by atoms with E-state index in [1.807, 2.05) is 0 Å². The second-order valence-corrected chi connectivity index (χ2v) is 5.34. The van der Waals surface area contributed by atoms with Gasteiger partial charge in [-0.3, -0.25) is 9.59 Å². The SMILES string of the molecule is O=C(O)C1CCCN1C(=O)C(=O)N1CCCC[C@H]1C(=O)O. The average molecular weight is 298 g/mol. The molecule has 8 heteroatoms. The van der Waals surface area contributed by atoms with Gasteiger partial charge in [-0.1, -0.05) is 0 Å². The van der Waals surface area contributed by atoms with Crippen LogP contribution < -0.4 is 0 Å². The van der Waals surface area contributed by atoms with Gasteiger partial charge >= 0.3 is 23.8 Å². The van der Waals surface area contributed by atoms with E-state index in [-0.39, 0.29) is 13.1 Å². The minimum Gasteiger partial charge on any atom is -0.480 e. The molecule has 2 rings (SSSR count). The zero-order valence-electron chi connectivity index (χ0n) is 11.5. The molecule has 8 nitrogen and oxygen atoms in total. The molecule has 2 saturated heterocycles. The highest BCUT2D eigenvalue weighted by Crippen LogP contribution is 2.21. The van der Waals surface area contributed by atoms with Gasteiger partial charge in [-0.05, 0) is 32.1 Å². The van der Waals surface area contributed by atoms with Gasteiger partial charge in [-0.25, -0.2) is 9.59 Å². The summed E-state index contributed by atoms with van der Waals surface area (Å²) in [6.07, 6.45) is 2.49. The van der Waals surface area contributed by atoms with Gasteiger partial charge in [0.25, 0.3) is 0 Å². The topological polar surface area (TPSA) is 115 Å². The molecule has 0 aromatic rings. The summed E-state index contributed by atoms with van der Waals surface area (Å²) in [6.45, 7) is 0.431. The van der Waals surface area contributed by atoms with Gasteiger partial charge in [0.05, 0.1) is 0 Å². The highest BCUT2D eigenvalue weighted by atomic mass is 16.4. The molecule has 2 aliphatic rings. The number of hydrogen-bond donors (Lipinski definition) is 2. The number of rotatable bonds is 2. The average Bonchev–Trinajstić information content (AvgIpc) is 2.95. The molecule has 2 heterocycles. The van der Waals surface area contributed by atoms with E-state index in [9.17, 15) is 19.2 Å². The van der Waals surface area contributed by atoms with Crippen LogP contribution in [0.4, 0.5) is 0 Å². The fourth-order valence-electron chi connectivity index (χ4n) is 2.94. The van der Waals surface area contributed by atoms with Gasteiger partial charge in [0.1, 0.15) is 12.1 Å². The molecule has 2 fully saturated rings. The fraction of sp³-hybridized carbons (Fsp3) is 0.692. The van der Waals surface area contributed by atoms with E-state index in [1.54, 1.807) is 0 Å². The lowest BCUT2D eigenvalue weighted by molar-refractivity contribution is -0.161. The molecule has 0 saturated carbocycles. The van der Waals surface area contributed by atoms with E-state index in [0.29, 0.717) is 32.1 Å². The largest absolute Gasteiger partial charge is 0.480 e. The second-order valence-electron chi connectivity index (χ2n) is 5.34. The van der Waals surface area contributed by atoms with Crippen LogP contribution in [-0.4, -0.2) is 68.9 Å². The monoisotopic (exact) mass is 298 g/mol. The molecule has 0 aromatic carbocycles. The van der Waals surface area contributed by atoms with Crippen LogP contribution in [0, 0.1) is 0 Å². The smallest absolute Gasteiger partial charge is 0.326 e. The summed E-state index contributed by atoms with van der Waals surface area (Å²) in [5.74, 6) is -4.09. The molecule has 0 aliphatic carbocycles. The van der Waals surface area contributed by atoms with E-state index < -0.39 is 35.8 Å². The van der Waals surface area contributed by atoms with Crippen molar-refractivity contribution in [2.24, 2.45) is 0 Å². The zero-order chi connectivity index (χ0) is 15.6. The van der Waals surface area contributed by atoms with Crippen LogP contribution in [-0.2, 0) is 19.2 Å². The minimum atomic E-state index is -1.14. The Morgan fingerprint density at radius 1 is 0.714 bits per heavy atom. The Hall–Kier alpha value is -2.12. The quantitative estimate of drug-likeness (QED) is 0.666. The van der Waals surface area contributed by atoms with Crippen molar-refractivity contribution in [3.8, 4) is 0 Å². The normalized spacial score (nSPS) is 25.7. The van der Waals surface area contributed by atoms with Crippen LogP contribution in [0.5, 0.6) is 0 Å². The highest BCUT2D eigenvalue weighted by molar-refractivity contribution is 6.35. The molecule has 2 N–H and O–H groups in total. The molecule has 1 unspecified atom stereocenters.